The number of urea groups is 1. The number of hydrogen-bond acceptors (Lipinski definition) is 6. The molecule has 124 valence electrons. The molecule has 0 bridgehead atoms. The zero-order valence-corrected chi connectivity index (χ0v) is 14.3. The molecule has 1 atom stereocenters. The van der Waals surface area contributed by atoms with Crippen LogP contribution in [0.5, 0.6) is 0 Å². The first-order valence-electron chi connectivity index (χ1n) is 7.39. The van der Waals surface area contributed by atoms with Gasteiger partial charge in [-0.1, -0.05) is 6.07 Å². The van der Waals surface area contributed by atoms with Gasteiger partial charge >= 0.3 is 6.03 Å². The maximum Gasteiger partial charge on any atom is 0.319 e. The molecular formula is C16H17N5O2S. The molecule has 3 aromatic rings. The minimum Gasteiger partial charge on any atom is -0.423 e. The van der Waals surface area contributed by atoms with Gasteiger partial charge in [-0.05, 0) is 38.5 Å². The van der Waals surface area contributed by atoms with E-state index in [4.69, 9.17) is 4.42 Å². The number of aromatic nitrogens is 3. The van der Waals surface area contributed by atoms with Crippen molar-refractivity contribution in [2.75, 3.05) is 5.32 Å². The van der Waals surface area contributed by atoms with Crippen molar-refractivity contribution in [2.45, 2.75) is 26.8 Å². The topological polar surface area (TPSA) is 92.9 Å². The summed E-state index contributed by atoms with van der Waals surface area (Å²) in [5.41, 5.74) is 3.22. The van der Waals surface area contributed by atoms with Gasteiger partial charge in [0.15, 0.2) is 0 Å². The highest BCUT2D eigenvalue weighted by Gasteiger charge is 2.14. The van der Waals surface area contributed by atoms with E-state index in [2.05, 4.69) is 25.8 Å². The summed E-state index contributed by atoms with van der Waals surface area (Å²) in [6.07, 6.45) is 1.27. The third-order valence-corrected chi connectivity index (χ3v) is 4.31. The third-order valence-electron chi connectivity index (χ3n) is 3.52. The zero-order chi connectivity index (χ0) is 17.1. The number of hydrogen-bond donors (Lipinski definition) is 2. The molecule has 0 aliphatic rings. The number of nitrogens with one attached hydrogen (secondary N) is 2. The van der Waals surface area contributed by atoms with Crippen molar-refractivity contribution in [2.24, 2.45) is 0 Å². The normalized spacial score (nSPS) is 12.0. The van der Waals surface area contributed by atoms with E-state index in [1.54, 1.807) is 17.4 Å². The second-order valence-corrected chi connectivity index (χ2v) is 6.45. The van der Waals surface area contributed by atoms with Gasteiger partial charge in [-0.2, -0.15) is 0 Å². The van der Waals surface area contributed by atoms with Crippen LogP contribution in [-0.2, 0) is 0 Å². The lowest BCUT2D eigenvalue weighted by Crippen LogP contribution is -2.31. The van der Waals surface area contributed by atoms with Crippen LogP contribution in [0.4, 0.5) is 10.5 Å². The highest BCUT2D eigenvalue weighted by molar-refractivity contribution is 7.09. The summed E-state index contributed by atoms with van der Waals surface area (Å²) in [6.45, 7) is 5.75. The lowest BCUT2D eigenvalue weighted by molar-refractivity contribution is 0.249. The van der Waals surface area contributed by atoms with Crippen LogP contribution >= 0.6 is 11.3 Å². The SMILES string of the molecule is Cc1nc([C@@H](C)NC(=O)Nc2cc(-c3nnco3)ccc2C)cs1. The first-order chi connectivity index (χ1) is 11.5. The summed E-state index contributed by atoms with van der Waals surface area (Å²) in [5.74, 6) is 0.407. The molecule has 2 amide bonds. The molecule has 0 unspecified atom stereocenters. The summed E-state index contributed by atoms with van der Waals surface area (Å²) >= 11 is 1.56. The van der Waals surface area contributed by atoms with Crippen LogP contribution in [0, 0.1) is 13.8 Å². The van der Waals surface area contributed by atoms with Gasteiger partial charge in [0, 0.05) is 16.6 Å². The van der Waals surface area contributed by atoms with E-state index in [0.29, 0.717) is 11.6 Å². The van der Waals surface area contributed by atoms with Crippen molar-refractivity contribution in [1.29, 1.82) is 0 Å². The van der Waals surface area contributed by atoms with E-state index >= 15 is 0 Å². The molecule has 8 heteroatoms. The fourth-order valence-electron chi connectivity index (χ4n) is 2.20. The molecule has 0 radical (unpaired) electrons. The zero-order valence-electron chi connectivity index (χ0n) is 13.5. The maximum atomic E-state index is 12.3. The largest absolute Gasteiger partial charge is 0.423 e. The van der Waals surface area contributed by atoms with Crippen LogP contribution in [-0.4, -0.2) is 21.2 Å². The lowest BCUT2D eigenvalue weighted by atomic mass is 10.1. The summed E-state index contributed by atoms with van der Waals surface area (Å²) < 4.78 is 5.19. The number of thiazole rings is 1. The van der Waals surface area contributed by atoms with Gasteiger partial charge in [0.1, 0.15) is 0 Å². The van der Waals surface area contributed by atoms with E-state index < -0.39 is 0 Å². The van der Waals surface area contributed by atoms with Gasteiger partial charge in [0.2, 0.25) is 12.3 Å². The smallest absolute Gasteiger partial charge is 0.319 e. The second-order valence-electron chi connectivity index (χ2n) is 5.39. The van der Waals surface area contributed by atoms with Gasteiger partial charge in [-0.25, -0.2) is 9.78 Å². The van der Waals surface area contributed by atoms with E-state index in [9.17, 15) is 4.79 Å². The summed E-state index contributed by atoms with van der Waals surface area (Å²) in [5, 5.41) is 16.2. The molecular weight excluding hydrogens is 326 g/mol. The minimum absolute atomic E-state index is 0.172. The lowest BCUT2D eigenvalue weighted by Gasteiger charge is -2.14. The molecule has 24 heavy (non-hydrogen) atoms. The van der Waals surface area contributed by atoms with E-state index in [0.717, 1.165) is 21.8 Å². The summed E-state index contributed by atoms with van der Waals surface area (Å²) in [4.78, 5) is 16.6. The van der Waals surface area contributed by atoms with E-state index in [-0.39, 0.29) is 12.1 Å². The Morgan fingerprint density at radius 3 is 2.83 bits per heavy atom. The highest BCUT2D eigenvalue weighted by atomic mass is 32.1. The first kappa shape index (κ1) is 16.1. The molecule has 7 nitrogen and oxygen atoms in total. The molecule has 2 aromatic heterocycles. The average molecular weight is 343 g/mol. The van der Waals surface area contributed by atoms with Crippen molar-refractivity contribution in [1.82, 2.24) is 20.5 Å². The second kappa shape index (κ2) is 6.79. The van der Waals surface area contributed by atoms with Crippen molar-refractivity contribution < 1.29 is 9.21 Å². The maximum absolute atomic E-state index is 12.3. The fourth-order valence-corrected chi connectivity index (χ4v) is 2.90. The highest BCUT2D eigenvalue weighted by Crippen LogP contribution is 2.24. The van der Waals surface area contributed by atoms with Gasteiger partial charge in [0.05, 0.1) is 16.7 Å². The average Bonchev–Trinajstić information content (AvgIpc) is 3.21. The van der Waals surface area contributed by atoms with Crippen molar-refractivity contribution in [3.05, 3.63) is 46.2 Å². The van der Waals surface area contributed by atoms with Gasteiger partial charge in [-0.15, -0.1) is 21.5 Å². The Morgan fingerprint density at radius 1 is 1.33 bits per heavy atom. The van der Waals surface area contributed by atoms with Gasteiger partial charge in [0.25, 0.3) is 0 Å². The van der Waals surface area contributed by atoms with Crippen LogP contribution in [0.1, 0.15) is 29.2 Å². The Morgan fingerprint density at radius 2 is 2.17 bits per heavy atom. The molecule has 0 saturated carbocycles. The number of carbonyl (C=O) groups excluding carboxylic acids is 1. The number of nitrogens with zero attached hydrogens (tertiary/aromatic N) is 3. The predicted molar refractivity (Wildman–Crippen MR) is 91.9 cm³/mol. The van der Waals surface area contributed by atoms with Crippen LogP contribution in [0.3, 0.4) is 0 Å². The monoisotopic (exact) mass is 343 g/mol. The standard InChI is InChI=1S/C16H17N5O2S/c1-9-4-5-12(15-21-17-8-23-15)6-13(9)20-16(22)18-10(2)14-7-24-11(3)19-14/h4-8,10H,1-3H3,(H2,18,20,22)/t10-/m1/s1. The Hall–Kier alpha value is -2.74. The molecule has 0 spiro atoms. The fraction of sp³-hybridized carbons (Fsp3) is 0.250. The molecule has 2 N–H and O–H groups in total. The molecule has 0 aliphatic heterocycles. The molecule has 0 saturated heterocycles. The summed E-state index contributed by atoms with van der Waals surface area (Å²) in [7, 11) is 0. The van der Waals surface area contributed by atoms with Crippen LogP contribution in [0.25, 0.3) is 11.5 Å². The Balaban J connectivity index is 1.71. The van der Waals surface area contributed by atoms with Crippen LogP contribution in [0.2, 0.25) is 0 Å². The van der Waals surface area contributed by atoms with E-state index in [1.807, 2.05) is 38.3 Å². The number of aryl methyl sites for hydroxylation is 2. The molecule has 0 fully saturated rings. The molecule has 0 aliphatic carbocycles. The number of anilines is 1. The molecule has 1 aromatic carbocycles. The molecule has 3 rings (SSSR count). The van der Waals surface area contributed by atoms with E-state index in [1.165, 1.54) is 6.39 Å². The van der Waals surface area contributed by atoms with Crippen molar-refractivity contribution >= 4 is 23.1 Å². The Kier molecular flexibility index (Phi) is 4.57. The molecule has 2 heterocycles. The summed E-state index contributed by atoms with van der Waals surface area (Å²) in [6, 6.07) is 5.10. The number of rotatable bonds is 4. The first-order valence-corrected chi connectivity index (χ1v) is 8.27. The predicted octanol–water partition coefficient (Wildman–Crippen LogP) is 3.69. The Labute approximate surface area is 143 Å². The third kappa shape index (κ3) is 3.60. The van der Waals surface area contributed by atoms with Crippen molar-refractivity contribution in [3.8, 4) is 11.5 Å². The number of amides is 2. The van der Waals surface area contributed by atoms with Gasteiger partial charge in [-0.3, -0.25) is 0 Å². The minimum atomic E-state index is -0.293. The van der Waals surface area contributed by atoms with Crippen LogP contribution in [0.15, 0.2) is 34.4 Å². The quantitative estimate of drug-likeness (QED) is 0.753. The Bertz CT molecular complexity index is 844. The van der Waals surface area contributed by atoms with Gasteiger partial charge < -0.3 is 15.1 Å². The number of benzene rings is 1. The number of carbonyl (C=O) groups is 1. The van der Waals surface area contributed by atoms with Crippen LogP contribution < -0.4 is 10.6 Å². The van der Waals surface area contributed by atoms with Crippen molar-refractivity contribution in [3.63, 3.8) is 0 Å².